The van der Waals surface area contributed by atoms with Gasteiger partial charge in [0, 0.05) is 13.1 Å². The second kappa shape index (κ2) is 5.75. The third-order valence-corrected chi connectivity index (χ3v) is 5.56. The Morgan fingerprint density at radius 3 is 2.62 bits per heavy atom. The molecule has 0 aromatic heterocycles. The number of carboxylic acids is 1. The third kappa shape index (κ3) is 3.09. The molecule has 1 heterocycles. The van der Waals surface area contributed by atoms with Gasteiger partial charge < -0.3 is 9.84 Å². The highest BCUT2D eigenvalue weighted by atomic mass is 32.2. The minimum absolute atomic E-state index is 0.0230. The molecule has 0 amide bonds. The molecule has 1 aromatic carbocycles. The molecule has 1 aliphatic rings. The Kier molecular flexibility index (Phi) is 4.36. The lowest BCUT2D eigenvalue weighted by atomic mass is 10.0. The van der Waals surface area contributed by atoms with Gasteiger partial charge in [-0.05, 0) is 44.0 Å². The zero-order valence-corrected chi connectivity index (χ0v) is 13.1. The zero-order valence-electron chi connectivity index (χ0n) is 12.3. The third-order valence-electron chi connectivity index (χ3n) is 3.71. The summed E-state index contributed by atoms with van der Waals surface area (Å²) in [5, 5.41) is 9.20. The van der Waals surface area contributed by atoms with Crippen LogP contribution in [-0.4, -0.2) is 49.6 Å². The average Bonchev–Trinajstić information content (AvgIpc) is 2.41. The molecule has 0 saturated carbocycles. The van der Waals surface area contributed by atoms with Gasteiger partial charge in [-0.2, -0.15) is 4.31 Å². The summed E-state index contributed by atoms with van der Waals surface area (Å²) in [6, 6.07) is 2.76. The first-order valence-electron chi connectivity index (χ1n) is 6.69. The van der Waals surface area contributed by atoms with E-state index in [4.69, 9.17) is 4.74 Å². The van der Waals surface area contributed by atoms with Crippen molar-refractivity contribution in [2.24, 2.45) is 0 Å². The fraction of sp³-hybridized carbons (Fsp3) is 0.500. The van der Waals surface area contributed by atoms with Gasteiger partial charge in [0.1, 0.15) is 0 Å². The molecule has 0 unspecified atom stereocenters. The molecule has 0 aliphatic carbocycles. The predicted molar refractivity (Wildman–Crippen MR) is 77.0 cm³/mol. The van der Waals surface area contributed by atoms with Crippen LogP contribution in [0, 0.1) is 13.8 Å². The van der Waals surface area contributed by atoms with Crippen molar-refractivity contribution in [1.29, 1.82) is 0 Å². The Labute approximate surface area is 124 Å². The van der Waals surface area contributed by atoms with Crippen LogP contribution in [0.3, 0.4) is 0 Å². The highest BCUT2D eigenvalue weighted by Crippen LogP contribution is 2.24. The van der Waals surface area contributed by atoms with Crippen LogP contribution in [-0.2, 0) is 14.8 Å². The van der Waals surface area contributed by atoms with Crippen molar-refractivity contribution in [2.75, 3.05) is 19.7 Å². The Bertz CT molecular complexity index is 668. The van der Waals surface area contributed by atoms with E-state index in [-0.39, 0.29) is 29.7 Å². The minimum Gasteiger partial charge on any atom is -0.478 e. The maximum Gasteiger partial charge on any atom is 0.336 e. The lowest BCUT2D eigenvalue weighted by molar-refractivity contribution is 0.0102. The van der Waals surface area contributed by atoms with Gasteiger partial charge in [0.15, 0.2) is 0 Å². The first-order valence-corrected chi connectivity index (χ1v) is 8.13. The highest BCUT2D eigenvalue weighted by Gasteiger charge is 2.30. The molecule has 1 aliphatic heterocycles. The molecule has 21 heavy (non-hydrogen) atoms. The van der Waals surface area contributed by atoms with E-state index in [9.17, 15) is 18.3 Å². The quantitative estimate of drug-likeness (QED) is 0.912. The van der Waals surface area contributed by atoms with Crippen LogP contribution < -0.4 is 0 Å². The summed E-state index contributed by atoms with van der Waals surface area (Å²) >= 11 is 0. The van der Waals surface area contributed by atoms with Crippen LogP contribution in [0.5, 0.6) is 0 Å². The van der Waals surface area contributed by atoms with E-state index >= 15 is 0 Å². The van der Waals surface area contributed by atoms with Crippen molar-refractivity contribution in [3.63, 3.8) is 0 Å². The lowest BCUT2D eigenvalue weighted by Gasteiger charge is -2.30. The summed E-state index contributed by atoms with van der Waals surface area (Å²) in [4.78, 5) is 11.3. The molecular weight excluding hydrogens is 294 g/mol. The Morgan fingerprint density at radius 2 is 2.05 bits per heavy atom. The van der Waals surface area contributed by atoms with Crippen molar-refractivity contribution in [3.8, 4) is 0 Å². The van der Waals surface area contributed by atoms with Crippen molar-refractivity contribution in [2.45, 2.75) is 31.8 Å². The molecule has 7 heteroatoms. The Morgan fingerprint density at radius 1 is 1.38 bits per heavy atom. The van der Waals surface area contributed by atoms with Crippen LogP contribution in [0.4, 0.5) is 0 Å². The van der Waals surface area contributed by atoms with Crippen LogP contribution in [0.25, 0.3) is 0 Å². The van der Waals surface area contributed by atoms with Gasteiger partial charge in [-0.3, -0.25) is 0 Å². The van der Waals surface area contributed by atoms with Gasteiger partial charge in [0.2, 0.25) is 10.0 Å². The molecule has 1 fully saturated rings. The second-order valence-electron chi connectivity index (χ2n) is 5.26. The smallest absolute Gasteiger partial charge is 0.336 e. The van der Waals surface area contributed by atoms with E-state index in [1.54, 1.807) is 13.8 Å². The van der Waals surface area contributed by atoms with E-state index in [0.717, 1.165) is 0 Å². The first kappa shape index (κ1) is 15.9. The molecule has 0 spiro atoms. The number of carboxylic acid groups (broad SMARTS) is 1. The molecule has 1 saturated heterocycles. The summed E-state index contributed by atoms with van der Waals surface area (Å²) < 4.78 is 32.0. The summed E-state index contributed by atoms with van der Waals surface area (Å²) in [7, 11) is -3.70. The Hall–Kier alpha value is -1.44. The monoisotopic (exact) mass is 313 g/mol. The average molecular weight is 313 g/mol. The molecule has 0 radical (unpaired) electrons. The van der Waals surface area contributed by atoms with E-state index in [1.165, 1.54) is 16.4 Å². The zero-order chi connectivity index (χ0) is 15.8. The van der Waals surface area contributed by atoms with Crippen molar-refractivity contribution in [3.05, 3.63) is 28.8 Å². The van der Waals surface area contributed by atoms with E-state index < -0.39 is 16.0 Å². The number of nitrogens with zero attached hydrogens (tertiary/aromatic N) is 1. The maximum atomic E-state index is 12.6. The molecule has 1 aromatic rings. The van der Waals surface area contributed by atoms with Gasteiger partial charge in [0.25, 0.3) is 0 Å². The number of carbonyl (C=O) groups is 1. The van der Waals surface area contributed by atoms with Gasteiger partial charge in [-0.15, -0.1) is 0 Å². The van der Waals surface area contributed by atoms with Crippen LogP contribution in [0.15, 0.2) is 17.0 Å². The van der Waals surface area contributed by atoms with E-state index in [0.29, 0.717) is 17.7 Å². The number of ether oxygens (including phenoxy) is 1. The van der Waals surface area contributed by atoms with Crippen molar-refractivity contribution < 1.29 is 23.1 Å². The maximum absolute atomic E-state index is 12.6. The number of hydrogen-bond donors (Lipinski definition) is 1. The number of sulfonamides is 1. The molecule has 6 nitrogen and oxygen atoms in total. The highest BCUT2D eigenvalue weighted by molar-refractivity contribution is 7.89. The molecule has 116 valence electrons. The van der Waals surface area contributed by atoms with E-state index in [1.807, 2.05) is 6.92 Å². The SMILES string of the molecule is Cc1cc(S(=O)(=O)N2CCO[C@@H](C)C2)cc(C(=O)O)c1C. The van der Waals surface area contributed by atoms with Crippen LogP contribution in [0.2, 0.25) is 0 Å². The molecule has 2 rings (SSSR count). The summed E-state index contributed by atoms with van der Waals surface area (Å²) in [6.07, 6.45) is -0.168. The molecule has 1 atom stereocenters. The van der Waals surface area contributed by atoms with Gasteiger partial charge in [-0.25, -0.2) is 13.2 Å². The van der Waals surface area contributed by atoms with Gasteiger partial charge >= 0.3 is 5.97 Å². The Balaban J connectivity index is 2.47. The predicted octanol–water partition coefficient (Wildman–Crippen LogP) is 1.41. The van der Waals surface area contributed by atoms with E-state index in [2.05, 4.69) is 0 Å². The largest absolute Gasteiger partial charge is 0.478 e. The van der Waals surface area contributed by atoms with Crippen LogP contribution in [0.1, 0.15) is 28.4 Å². The second-order valence-corrected chi connectivity index (χ2v) is 7.20. The minimum atomic E-state index is -3.70. The summed E-state index contributed by atoms with van der Waals surface area (Å²) in [5.41, 5.74) is 1.25. The summed E-state index contributed by atoms with van der Waals surface area (Å²) in [6.45, 7) is 6.09. The number of morpholine rings is 1. The number of aromatic carboxylic acids is 1. The fourth-order valence-corrected chi connectivity index (χ4v) is 3.96. The number of benzene rings is 1. The van der Waals surface area contributed by atoms with Crippen molar-refractivity contribution in [1.82, 2.24) is 4.31 Å². The number of hydrogen-bond acceptors (Lipinski definition) is 4. The topological polar surface area (TPSA) is 83.9 Å². The fourth-order valence-electron chi connectivity index (χ4n) is 2.35. The number of rotatable bonds is 3. The summed E-state index contributed by atoms with van der Waals surface area (Å²) in [5.74, 6) is -1.12. The standard InChI is InChI=1S/C14H19NO5S/c1-9-6-12(7-13(11(9)3)14(16)17)21(18,19)15-4-5-20-10(2)8-15/h6-7,10H,4-5,8H2,1-3H3,(H,16,17)/t10-/m0/s1. The normalized spacial score (nSPS) is 20.4. The molecule has 1 N–H and O–H groups in total. The van der Waals surface area contributed by atoms with Gasteiger partial charge in [0.05, 0.1) is 23.2 Å². The number of aryl methyl sites for hydroxylation is 1. The van der Waals surface area contributed by atoms with Gasteiger partial charge in [-0.1, -0.05) is 0 Å². The lowest BCUT2D eigenvalue weighted by Crippen LogP contribution is -2.44. The van der Waals surface area contributed by atoms with Crippen LogP contribution >= 0.6 is 0 Å². The molecular formula is C14H19NO5S. The first-order chi connectivity index (χ1) is 9.73. The van der Waals surface area contributed by atoms with Crippen molar-refractivity contribution >= 4 is 16.0 Å². The molecule has 0 bridgehead atoms.